The molecule has 126 valence electrons. The van der Waals surface area contributed by atoms with E-state index in [-0.39, 0.29) is 18.4 Å². The van der Waals surface area contributed by atoms with Crippen LogP contribution in [-0.4, -0.2) is 43.9 Å². The standard InChI is InChI=1S/C16H21ClN2O4/c17-12-6-11(7-14-15(12)23-5-4-22-14)13(20)9-19-16(21)10-2-1-3-18-8-10/h6-7,10,13,18,20H,1-5,8-9H2,(H,19,21). The van der Waals surface area contributed by atoms with E-state index in [9.17, 15) is 9.90 Å². The van der Waals surface area contributed by atoms with Crippen molar-refractivity contribution in [3.05, 3.63) is 22.7 Å². The van der Waals surface area contributed by atoms with Gasteiger partial charge in [0.25, 0.3) is 0 Å². The molecule has 6 nitrogen and oxygen atoms in total. The Hall–Kier alpha value is -1.50. The molecule has 0 radical (unpaired) electrons. The predicted octanol–water partition coefficient (Wildman–Crippen LogP) is 1.26. The van der Waals surface area contributed by atoms with Gasteiger partial charge in [0.05, 0.1) is 17.0 Å². The third kappa shape index (κ3) is 3.88. The predicted molar refractivity (Wildman–Crippen MR) is 86.0 cm³/mol. The third-order valence-corrected chi connectivity index (χ3v) is 4.42. The van der Waals surface area contributed by atoms with E-state index in [0.717, 1.165) is 19.4 Å². The minimum Gasteiger partial charge on any atom is -0.486 e. The number of ether oxygens (including phenoxy) is 2. The highest BCUT2D eigenvalue weighted by atomic mass is 35.5. The summed E-state index contributed by atoms with van der Waals surface area (Å²) in [5.41, 5.74) is 0.598. The Kier molecular flexibility index (Phi) is 5.25. The van der Waals surface area contributed by atoms with Crippen LogP contribution in [0, 0.1) is 5.92 Å². The summed E-state index contributed by atoms with van der Waals surface area (Å²) >= 11 is 6.16. The molecule has 1 saturated heterocycles. The smallest absolute Gasteiger partial charge is 0.224 e. The maximum atomic E-state index is 12.1. The van der Waals surface area contributed by atoms with E-state index in [1.54, 1.807) is 12.1 Å². The molecule has 2 unspecified atom stereocenters. The molecule has 1 fully saturated rings. The van der Waals surface area contributed by atoms with Crippen LogP contribution in [0.1, 0.15) is 24.5 Å². The number of carbonyl (C=O) groups is 1. The van der Waals surface area contributed by atoms with Gasteiger partial charge >= 0.3 is 0 Å². The molecule has 0 bridgehead atoms. The van der Waals surface area contributed by atoms with Crippen LogP contribution in [0.15, 0.2) is 12.1 Å². The van der Waals surface area contributed by atoms with Crippen LogP contribution in [0.25, 0.3) is 0 Å². The van der Waals surface area contributed by atoms with E-state index in [2.05, 4.69) is 10.6 Å². The molecule has 2 heterocycles. The van der Waals surface area contributed by atoms with E-state index in [0.29, 0.717) is 41.8 Å². The minimum absolute atomic E-state index is 0.0279. The molecule has 0 aliphatic carbocycles. The largest absolute Gasteiger partial charge is 0.486 e. The topological polar surface area (TPSA) is 79.8 Å². The molecule has 2 atom stereocenters. The number of benzene rings is 1. The first kappa shape index (κ1) is 16.4. The summed E-state index contributed by atoms with van der Waals surface area (Å²) in [6.07, 6.45) is 1.03. The first-order chi connectivity index (χ1) is 11.1. The zero-order valence-electron chi connectivity index (χ0n) is 12.8. The van der Waals surface area contributed by atoms with Crippen molar-refractivity contribution in [2.45, 2.75) is 18.9 Å². The molecule has 0 aromatic heterocycles. The van der Waals surface area contributed by atoms with Gasteiger partial charge in [-0.2, -0.15) is 0 Å². The van der Waals surface area contributed by atoms with Crippen LogP contribution in [-0.2, 0) is 4.79 Å². The SMILES string of the molecule is O=C(NCC(O)c1cc(Cl)c2c(c1)OCCO2)C1CCCNC1. The maximum absolute atomic E-state index is 12.1. The lowest BCUT2D eigenvalue weighted by Gasteiger charge is -2.23. The molecule has 0 spiro atoms. The number of piperidine rings is 1. The van der Waals surface area contributed by atoms with Crippen molar-refractivity contribution in [2.24, 2.45) is 5.92 Å². The fourth-order valence-corrected chi connectivity index (χ4v) is 3.13. The summed E-state index contributed by atoms with van der Waals surface area (Å²) in [4.78, 5) is 12.1. The lowest BCUT2D eigenvalue weighted by molar-refractivity contribution is -0.125. The highest BCUT2D eigenvalue weighted by Gasteiger charge is 2.23. The number of nitrogens with one attached hydrogen (secondary N) is 2. The van der Waals surface area contributed by atoms with Crippen LogP contribution >= 0.6 is 11.6 Å². The molecular weight excluding hydrogens is 320 g/mol. The molecule has 3 rings (SSSR count). The molecule has 7 heteroatoms. The summed E-state index contributed by atoms with van der Waals surface area (Å²) < 4.78 is 11.0. The fourth-order valence-electron chi connectivity index (χ4n) is 2.86. The fraction of sp³-hybridized carbons (Fsp3) is 0.562. The zero-order chi connectivity index (χ0) is 16.2. The first-order valence-corrected chi connectivity index (χ1v) is 8.28. The Labute approximate surface area is 140 Å². The Morgan fingerprint density at radius 2 is 2.26 bits per heavy atom. The number of hydrogen-bond donors (Lipinski definition) is 3. The molecule has 2 aliphatic rings. The van der Waals surface area contributed by atoms with Gasteiger partial charge in [0.2, 0.25) is 5.91 Å². The van der Waals surface area contributed by atoms with Gasteiger partial charge in [-0.05, 0) is 37.1 Å². The highest BCUT2D eigenvalue weighted by Crippen LogP contribution is 2.39. The monoisotopic (exact) mass is 340 g/mol. The number of amides is 1. The first-order valence-electron chi connectivity index (χ1n) is 7.90. The summed E-state index contributed by atoms with van der Waals surface area (Å²) in [5.74, 6) is 0.978. The molecule has 0 saturated carbocycles. The van der Waals surface area contributed by atoms with Gasteiger partial charge in [0, 0.05) is 13.1 Å². The van der Waals surface area contributed by atoms with Crippen molar-refractivity contribution < 1.29 is 19.4 Å². The molecule has 3 N–H and O–H groups in total. The number of halogens is 1. The second-order valence-electron chi connectivity index (χ2n) is 5.83. The van der Waals surface area contributed by atoms with E-state index in [4.69, 9.17) is 21.1 Å². The molecule has 1 aromatic carbocycles. The quantitative estimate of drug-likeness (QED) is 0.769. The van der Waals surface area contributed by atoms with Crippen LogP contribution in [0.2, 0.25) is 5.02 Å². The average Bonchev–Trinajstić information content (AvgIpc) is 2.60. The maximum Gasteiger partial charge on any atom is 0.224 e. The summed E-state index contributed by atoms with van der Waals surface area (Å²) in [5, 5.41) is 16.7. The van der Waals surface area contributed by atoms with Crippen molar-refractivity contribution >= 4 is 17.5 Å². The van der Waals surface area contributed by atoms with Crippen LogP contribution in [0.5, 0.6) is 11.5 Å². The lowest BCUT2D eigenvalue weighted by atomic mass is 9.98. The van der Waals surface area contributed by atoms with Gasteiger partial charge in [-0.25, -0.2) is 0 Å². The molecule has 1 aromatic rings. The minimum atomic E-state index is -0.844. The molecule has 1 amide bonds. The third-order valence-electron chi connectivity index (χ3n) is 4.14. The van der Waals surface area contributed by atoms with Crippen LogP contribution in [0.4, 0.5) is 0 Å². The summed E-state index contributed by atoms with van der Waals surface area (Å²) in [6.45, 7) is 2.71. The number of aliphatic hydroxyl groups is 1. The van der Waals surface area contributed by atoms with Crippen molar-refractivity contribution in [2.75, 3.05) is 32.8 Å². The lowest BCUT2D eigenvalue weighted by Crippen LogP contribution is -2.41. The normalized spacial score (nSPS) is 21.6. The van der Waals surface area contributed by atoms with Gasteiger partial charge in [-0.3, -0.25) is 4.79 Å². The van der Waals surface area contributed by atoms with Gasteiger partial charge in [-0.15, -0.1) is 0 Å². The molecule has 23 heavy (non-hydrogen) atoms. The van der Waals surface area contributed by atoms with E-state index in [1.807, 2.05) is 0 Å². The molecule has 2 aliphatic heterocycles. The van der Waals surface area contributed by atoms with E-state index in [1.165, 1.54) is 0 Å². The van der Waals surface area contributed by atoms with E-state index >= 15 is 0 Å². The van der Waals surface area contributed by atoms with Gasteiger partial charge in [0.15, 0.2) is 11.5 Å². The zero-order valence-corrected chi connectivity index (χ0v) is 13.6. The van der Waals surface area contributed by atoms with Gasteiger partial charge < -0.3 is 25.2 Å². The van der Waals surface area contributed by atoms with Gasteiger partial charge in [-0.1, -0.05) is 11.6 Å². The second-order valence-corrected chi connectivity index (χ2v) is 6.24. The Balaban J connectivity index is 1.60. The Morgan fingerprint density at radius 1 is 1.43 bits per heavy atom. The Bertz CT molecular complexity index is 575. The number of rotatable bonds is 4. The van der Waals surface area contributed by atoms with Gasteiger partial charge in [0.1, 0.15) is 13.2 Å². The van der Waals surface area contributed by atoms with Crippen molar-refractivity contribution in [1.29, 1.82) is 0 Å². The number of aliphatic hydroxyl groups excluding tert-OH is 1. The van der Waals surface area contributed by atoms with Crippen LogP contribution in [0.3, 0.4) is 0 Å². The summed E-state index contributed by atoms with van der Waals surface area (Å²) in [6, 6.07) is 3.35. The van der Waals surface area contributed by atoms with Crippen molar-refractivity contribution in [1.82, 2.24) is 10.6 Å². The van der Waals surface area contributed by atoms with E-state index < -0.39 is 6.10 Å². The second kappa shape index (κ2) is 7.38. The van der Waals surface area contributed by atoms with Crippen molar-refractivity contribution in [3.63, 3.8) is 0 Å². The molecular formula is C16H21ClN2O4. The number of hydrogen-bond acceptors (Lipinski definition) is 5. The average molecular weight is 341 g/mol. The Morgan fingerprint density at radius 3 is 3.04 bits per heavy atom. The number of fused-ring (bicyclic) bond motifs is 1. The van der Waals surface area contributed by atoms with Crippen molar-refractivity contribution in [3.8, 4) is 11.5 Å². The summed E-state index contributed by atoms with van der Waals surface area (Å²) in [7, 11) is 0. The number of carbonyl (C=O) groups excluding carboxylic acids is 1. The van der Waals surface area contributed by atoms with Crippen LogP contribution < -0.4 is 20.1 Å². The highest BCUT2D eigenvalue weighted by molar-refractivity contribution is 6.32.